The number of amides is 2. The second kappa shape index (κ2) is 7.00. The Bertz CT molecular complexity index is 827. The molecule has 1 saturated heterocycles. The van der Waals surface area contributed by atoms with Gasteiger partial charge in [0.05, 0.1) is 12.6 Å². The zero-order valence-electron chi connectivity index (χ0n) is 14.0. The molecule has 1 saturated carbocycles. The molecule has 0 bridgehead atoms. The summed E-state index contributed by atoms with van der Waals surface area (Å²) >= 11 is 6.16. The number of cyclic esters (lactones) is 1. The Morgan fingerprint density at radius 3 is 2.69 bits per heavy atom. The molecule has 1 heterocycles. The molecule has 0 radical (unpaired) electrons. The normalized spacial score (nSPS) is 25.1. The fourth-order valence-electron chi connectivity index (χ4n) is 3.59. The van der Waals surface area contributed by atoms with Crippen molar-refractivity contribution < 1.29 is 14.3 Å². The topological polar surface area (TPSA) is 67.4 Å². The highest BCUT2D eigenvalue weighted by Crippen LogP contribution is 2.54. The third kappa shape index (κ3) is 3.53. The molecule has 2 aliphatic rings. The molecule has 2 amide bonds. The number of carbonyl (C=O) groups excluding carboxylic acids is 2. The largest absolute Gasteiger partial charge is 0.434 e. The van der Waals surface area contributed by atoms with Gasteiger partial charge in [0, 0.05) is 5.02 Å². The lowest BCUT2D eigenvalue weighted by molar-refractivity contribution is -0.128. The van der Waals surface area contributed by atoms with Crippen LogP contribution >= 0.6 is 11.6 Å². The lowest BCUT2D eigenvalue weighted by atomic mass is 9.98. The lowest BCUT2D eigenvalue weighted by Crippen LogP contribution is -2.40. The summed E-state index contributed by atoms with van der Waals surface area (Å²) in [6, 6.07) is 17.7. The van der Waals surface area contributed by atoms with Crippen molar-refractivity contribution in [2.45, 2.75) is 24.5 Å². The SMILES string of the molecule is O=C1NC[C@@H](C(=O)NC(c2cccc(Cl)c2)C2CC2c2ccccc2)O1. The molecule has 2 aromatic rings. The predicted octanol–water partition coefficient (Wildman–Crippen LogP) is 3.41. The number of nitrogens with one attached hydrogen (secondary N) is 2. The third-order valence-corrected chi connectivity index (χ3v) is 5.21. The van der Waals surface area contributed by atoms with E-state index in [4.69, 9.17) is 16.3 Å². The minimum Gasteiger partial charge on any atom is -0.434 e. The van der Waals surface area contributed by atoms with Crippen LogP contribution in [-0.2, 0) is 9.53 Å². The Morgan fingerprint density at radius 1 is 1.19 bits per heavy atom. The van der Waals surface area contributed by atoms with Crippen LogP contribution in [0.1, 0.15) is 29.5 Å². The van der Waals surface area contributed by atoms with Crippen molar-refractivity contribution in [1.82, 2.24) is 10.6 Å². The molecule has 0 aromatic heterocycles. The van der Waals surface area contributed by atoms with Crippen LogP contribution in [-0.4, -0.2) is 24.6 Å². The average molecular weight is 371 g/mol. The van der Waals surface area contributed by atoms with E-state index in [9.17, 15) is 9.59 Å². The summed E-state index contributed by atoms with van der Waals surface area (Å²) in [5, 5.41) is 6.21. The molecule has 0 spiro atoms. The molecule has 134 valence electrons. The zero-order chi connectivity index (χ0) is 18.1. The number of benzene rings is 2. The Kier molecular flexibility index (Phi) is 4.55. The monoisotopic (exact) mass is 370 g/mol. The second-order valence-corrected chi connectivity index (χ2v) is 7.17. The summed E-state index contributed by atoms with van der Waals surface area (Å²) in [4.78, 5) is 23.8. The molecule has 3 unspecified atom stereocenters. The highest BCUT2D eigenvalue weighted by atomic mass is 35.5. The van der Waals surface area contributed by atoms with E-state index in [-0.39, 0.29) is 24.4 Å². The summed E-state index contributed by atoms with van der Waals surface area (Å²) < 4.78 is 5.01. The summed E-state index contributed by atoms with van der Waals surface area (Å²) in [7, 11) is 0. The Morgan fingerprint density at radius 2 is 2.00 bits per heavy atom. The number of hydrogen-bond donors (Lipinski definition) is 2. The van der Waals surface area contributed by atoms with Gasteiger partial charge in [-0.15, -0.1) is 0 Å². The first-order valence-electron chi connectivity index (χ1n) is 8.67. The van der Waals surface area contributed by atoms with E-state index in [0.29, 0.717) is 10.9 Å². The molecule has 4 rings (SSSR count). The standard InChI is InChI=1S/C20H19ClN2O3/c21-14-8-4-7-13(9-14)18(23-19(24)17-11-22-20(25)26-17)16-10-15(16)12-5-2-1-3-6-12/h1-9,15-18H,10-11H2,(H,22,25)(H,23,24)/t15?,16?,17-,18?/m0/s1. The fourth-order valence-corrected chi connectivity index (χ4v) is 3.78. The van der Waals surface area contributed by atoms with Crippen molar-refractivity contribution in [2.75, 3.05) is 6.54 Å². The average Bonchev–Trinajstić information content (AvgIpc) is 3.32. The van der Waals surface area contributed by atoms with Gasteiger partial charge in [-0.05, 0) is 41.5 Å². The second-order valence-electron chi connectivity index (χ2n) is 6.73. The predicted molar refractivity (Wildman–Crippen MR) is 97.9 cm³/mol. The van der Waals surface area contributed by atoms with Gasteiger partial charge in [0.2, 0.25) is 0 Å². The number of hydrogen-bond acceptors (Lipinski definition) is 3. The lowest BCUT2D eigenvalue weighted by Gasteiger charge is -2.21. The van der Waals surface area contributed by atoms with Gasteiger partial charge in [0.15, 0.2) is 6.10 Å². The maximum absolute atomic E-state index is 12.6. The van der Waals surface area contributed by atoms with Crippen LogP contribution in [0, 0.1) is 5.92 Å². The molecule has 2 N–H and O–H groups in total. The van der Waals surface area contributed by atoms with Crippen LogP contribution < -0.4 is 10.6 Å². The van der Waals surface area contributed by atoms with Crippen LogP contribution in [0.2, 0.25) is 5.02 Å². The van der Waals surface area contributed by atoms with Gasteiger partial charge in [-0.2, -0.15) is 0 Å². The smallest absolute Gasteiger partial charge is 0.408 e. The van der Waals surface area contributed by atoms with E-state index in [1.54, 1.807) is 0 Å². The summed E-state index contributed by atoms with van der Waals surface area (Å²) in [6.07, 6.45) is -0.361. The maximum atomic E-state index is 12.6. The van der Waals surface area contributed by atoms with Crippen LogP contribution in [0.15, 0.2) is 54.6 Å². The van der Waals surface area contributed by atoms with Crippen molar-refractivity contribution in [3.8, 4) is 0 Å². The number of halogens is 1. The molecule has 2 fully saturated rings. The van der Waals surface area contributed by atoms with Crippen molar-refractivity contribution in [2.24, 2.45) is 5.92 Å². The van der Waals surface area contributed by atoms with E-state index < -0.39 is 12.2 Å². The van der Waals surface area contributed by atoms with Crippen LogP contribution in [0.4, 0.5) is 4.79 Å². The van der Waals surface area contributed by atoms with Crippen LogP contribution in [0.5, 0.6) is 0 Å². The first-order valence-corrected chi connectivity index (χ1v) is 9.05. The summed E-state index contributed by atoms with van der Waals surface area (Å²) in [5.41, 5.74) is 2.24. The minimum absolute atomic E-state index is 0.175. The first-order chi connectivity index (χ1) is 12.6. The van der Waals surface area contributed by atoms with Gasteiger partial charge in [0.25, 0.3) is 5.91 Å². The zero-order valence-corrected chi connectivity index (χ0v) is 14.8. The third-order valence-electron chi connectivity index (χ3n) is 4.97. The number of alkyl carbamates (subject to hydrolysis) is 1. The van der Waals surface area contributed by atoms with Gasteiger partial charge in [-0.1, -0.05) is 54.1 Å². The van der Waals surface area contributed by atoms with Crippen molar-refractivity contribution in [3.63, 3.8) is 0 Å². The Balaban J connectivity index is 1.55. The first kappa shape index (κ1) is 16.9. The van der Waals surface area contributed by atoms with E-state index in [2.05, 4.69) is 22.8 Å². The molecule has 6 heteroatoms. The number of carbonyl (C=O) groups is 2. The van der Waals surface area contributed by atoms with Gasteiger partial charge in [-0.25, -0.2) is 4.79 Å². The van der Waals surface area contributed by atoms with Crippen LogP contribution in [0.3, 0.4) is 0 Å². The van der Waals surface area contributed by atoms with E-state index >= 15 is 0 Å². The van der Waals surface area contributed by atoms with Gasteiger partial charge < -0.3 is 15.4 Å². The van der Waals surface area contributed by atoms with Gasteiger partial charge >= 0.3 is 6.09 Å². The Labute approximate surface area is 156 Å². The molecule has 5 nitrogen and oxygen atoms in total. The van der Waals surface area contributed by atoms with Gasteiger partial charge in [0.1, 0.15) is 0 Å². The summed E-state index contributed by atoms with van der Waals surface area (Å²) in [6.45, 7) is 0.194. The van der Waals surface area contributed by atoms with Crippen molar-refractivity contribution >= 4 is 23.6 Å². The van der Waals surface area contributed by atoms with E-state index in [1.165, 1.54) is 5.56 Å². The molecule has 26 heavy (non-hydrogen) atoms. The van der Waals surface area contributed by atoms with Crippen molar-refractivity contribution in [3.05, 3.63) is 70.7 Å². The molecule has 1 aliphatic heterocycles. The van der Waals surface area contributed by atoms with Crippen LogP contribution in [0.25, 0.3) is 0 Å². The summed E-state index contributed by atoms with van der Waals surface area (Å²) in [5.74, 6) is 0.390. The molecule has 1 aliphatic carbocycles. The highest BCUT2D eigenvalue weighted by Gasteiger charge is 2.46. The molecular formula is C20H19ClN2O3. The van der Waals surface area contributed by atoms with E-state index in [0.717, 1.165) is 12.0 Å². The molecule has 2 aromatic carbocycles. The molecular weight excluding hydrogens is 352 g/mol. The van der Waals surface area contributed by atoms with Crippen molar-refractivity contribution in [1.29, 1.82) is 0 Å². The minimum atomic E-state index is -0.793. The number of ether oxygens (including phenoxy) is 1. The van der Waals surface area contributed by atoms with Gasteiger partial charge in [-0.3, -0.25) is 4.79 Å². The highest BCUT2D eigenvalue weighted by molar-refractivity contribution is 6.30. The fraction of sp³-hybridized carbons (Fsp3) is 0.300. The number of rotatable bonds is 5. The maximum Gasteiger partial charge on any atom is 0.408 e. The van der Waals surface area contributed by atoms with E-state index in [1.807, 2.05) is 42.5 Å². The molecule has 4 atom stereocenters. The quantitative estimate of drug-likeness (QED) is 0.847. The Hall–Kier alpha value is -2.53.